The Hall–Kier alpha value is -0.840. The number of ether oxygens (including phenoxy) is 1. The molecule has 0 fully saturated rings. The molecule has 0 radical (unpaired) electrons. The zero-order valence-electron chi connectivity index (χ0n) is 11.9. The van der Waals surface area contributed by atoms with Crippen molar-refractivity contribution >= 4 is 27.3 Å². The van der Waals surface area contributed by atoms with Crippen molar-refractivity contribution in [2.24, 2.45) is 0 Å². The molecule has 2 nitrogen and oxygen atoms in total. The third kappa shape index (κ3) is 4.08. The van der Waals surface area contributed by atoms with Gasteiger partial charge in [0.05, 0.1) is 7.11 Å². The van der Waals surface area contributed by atoms with E-state index in [-0.39, 0.29) is 0 Å². The Morgan fingerprint density at radius 2 is 2.20 bits per heavy atom. The van der Waals surface area contributed by atoms with E-state index in [4.69, 9.17) is 4.74 Å². The maximum atomic E-state index is 5.32. The summed E-state index contributed by atoms with van der Waals surface area (Å²) in [5, 5.41) is 5.77. The van der Waals surface area contributed by atoms with Crippen molar-refractivity contribution in [2.45, 2.75) is 25.8 Å². The van der Waals surface area contributed by atoms with Gasteiger partial charge in [-0.05, 0) is 54.6 Å². The quantitative estimate of drug-likeness (QED) is 0.771. The lowest BCUT2D eigenvalue weighted by atomic mass is 10.0. The molecule has 1 aromatic heterocycles. The van der Waals surface area contributed by atoms with Crippen LogP contribution in [0.2, 0.25) is 0 Å². The second-order valence-corrected chi connectivity index (χ2v) is 6.52. The molecule has 0 amide bonds. The topological polar surface area (TPSA) is 21.3 Å². The minimum atomic E-state index is 0.360. The van der Waals surface area contributed by atoms with Crippen LogP contribution in [0.15, 0.2) is 40.2 Å². The highest BCUT2D eigenvalue weighted by atomic mass is 79.9. The van der Waals surface area contributed by atoms with Crippen molar-refractivity contribution in [3.63, 3.8) is 0 Å². The van der Waals surface area contributed by atoms with E-state index in [0.29, 0.717) is 6.04 Å². The molecule has 0 saturated carbocycles. The third-order valence-electron chi connectivity index (χ3n) is 3.20. The SMILES string of the molecule is CCCNC(Cc1cc(OC)ccc1Br)c1cccs1. The molecule has 4 heteroatoms. The van der Waals surface area contributed by atoms with E-state index in [9.17, 15) is 0 Å². The first-order chi connectivity index (χ1) is 9.74. The van der Waals surface area contributed by atoms with Crippen LogP contribution in [0, 0.1) is 0 Å². The molecule has 1 N–H and O–H groups in total. The molecule has 0 spiro atoms. The van der Waals surface area contributed by atoms with Crippen LogP contribution in [0.5, 0.6) is 5.75 Å². The monoisotopic (exact) mass is 353 g/mol. The Morgan fingerprint density at radius 3 is 2.85 bits per heavy atom. The average molecular weight is 354 g/mol. The molecule has 0 aliphatic rings. The molecular weight excluding hydrogens is 334 g/mol. The van der Waals surface area contributed by atoms with Gasteiger partial charge in [0.1, 0.15) is 5.75 Å². The maximum Gasteiger partial charge on any atom is 0.119 e. The van der Waals surface area contributed by atoms with E-state index in [1.807, 2.05) is 17.4 Å². The van der Waals surface area contributed by atoms with Gasteiger partial charge in [-0.1, -0.05) is 28.9 Å². The Bertz CT molecular complexity index is 527. The largest absolute Gasteiger partial charge is 0.497 e. The minimum absolute atomic E-state index is 0.360. The van der Waals surface area contributed by atoms with Crippen LogP contribution in [0.4, 0.5) is 0 Å². The van der Waals surface area contributed by atoms with Crippen LogP contribution in [-0.4, -0.2) is 13.7 Å². The molecule has 0 aliphatic carbocycles. The standard InChI is InChI=1S/C16H20BrNOS/c1-3-8-18-15(16-5-4-9-20-16)11-12-10-13(19-2)6-7-14(12)17/h4-7,9-10,15,18H,3,8,11H2,1-2H3. The summed E-state index contributed by atoms with van der Waals surface area (Å²) in [6.45, 7) is 3.23. The molecule has 108 valence electrons. The van der Waals surface area contributed by atoms with Crippen molar-refractivity contribution < 1.29 is 4.74 Å². The van der Waals surface area contributed by atoms with Crippen LogP contribution in [0.3, 0.4) is 0 Å². The Kier molecular flexibility index (Phi) is 6.07. The van der Waals surface area contributed by atoms with Gasteiger partial charge in [-0.25, -0.2) is 0 Å². The minimum Gasteiger partial charge on any atom is -0.497 e. The maximum absolute atomic E-state index is 5.32. The van der Waals surface area contributed by atoms with E-state index >= 15 is 0 Å². The van der Waals surface area contributed by atoms with Crippen LogP contribution in [0.25, 0.3) is 0 Å². The molecule has 1 atom stereocenters. The van der Waals surface area contributed by atoms with Gasteiger partial charge in [-0.2, -0.15) is 0 Å². The van der Waals surface area contributed by atoms with Gasteiger partial charge in [0, 0.05) is 15.4 Å². The second kappa shape index (κ2) is 7.81. The molecule has 2 rings (SSSR count). The summed E-state index contributed by atoms with van der Waals surface area (Å²) in [5.74, 6) is 0.906. The van der Waals surface area contributed by atoms with Gasteiger partial charge in [0.2, 0.25) is 0 Å². The van der Waals surface area contributed by atoms with Gasteiger partial charge in [0.15, 0.2) is 0 Å². The summed E-state index contributed by atoms with van der Waals surface area (Å²) in [6, 6.07) is 10.8. The summed E-state index contributed by atoms with van der Waals surface area (Å²) in [6.07, 6.45) is 2.10. The summed E-state index contributed by atoms with van der Waals surface area (Å²) in [4.78, 5) is 1.38. The lowest BCUT2D eigenvalue weighted by Crippen LogP contribution is -2.23. The number of rotatable bonds is 7. The van der Waals surface area contributed by atoms with Gasteiger partial charge in [-0.15, -0.1) is 11.3 Å². The molecule has 0 bridgehead atoms. The van der Waals surface area contributed by atoms with Crippen molar-refractivity contribution in [3.8, 4) is 5.75 Å². The van der Waals surface area contributed by atoms with Crippen molar-refractivity contribution in [1.82, 2.24) is 5.32 Å². The predicted octanol–water partition coefficient (Wildman–Crippen LogP) is 4.80. The van der Waals surface area contributed by atoms with E-state index < -0.39 is 0 Å². The fraction of sp³-hybridized carbons (Fsp3) is 0.375. The fourth-order valence-corrected chi connectivity index (χ4v) is 3.35. The molecule has 0 saturated heterocycles. The average Bonchev–Trinajstić information content (AvgIpc) is 2.99. The van der Waals surface area contributed by atoms with Gasteiger partial charge >= 0.3 is 0 Å². The highest BCUT2D eigenvalue weighted by molar-refractivity contribution is 9.10. The number of hydrogen-bond acceptors (Lipinski definition) is 3. The number of nitrogens with one attached hydrogen (secondary N) is 1. The summed E-state index contributed by atoms with van der Waals surface area (Å²) in [7, 11) is 1.71. The number of hydrogen-bond donors (Lipinski definition) is 1. The molecule has 20 heavy (non-hydrogen) atoms. The highest BCUT2D eigenvalue weighted by Crippen LogP contribution is 2.29. The Balaban J connectivity index is 2.18. The first kappa shape index (κ1) is 15.5. The van der Waals surface area contributed by atoms with Crippen molar-refractivity contribution in [3.05, 3.63) is 50.6 Å². The predicted molar refractivity (Wildman–Crippen MR) is 89.8 cm³/mol. The number of halogens is 1. The summed E-state index contributed by atoms with van der Waals surface area (Å²) < 4.78 is 6.46. The third-order valence-corrected chi connectivity index (χ3v) is 4.96. The van der Waals surface area contributed by atoms with Crippen molar-refractivity contribution in [1.29, 1.82) is 0 Å². The van der Waals surface area contributed by atoms with Crippen LogP contribution >= 0.6 is 27.3 Å². The van der Waals surface area contributed by atoms with Crippen molar-refractivity contribution in [2.75, 3.05) is 13.7 Å². The lowest BCUT2D eigenvalue weighted by Gasteiger charge is -2.18. The smallest absolute Gasteiger partial charge is 0.119 e. The van der Waals surface area contributed by atoms with Gasteiger partial charge in [0.25, 0.3) is 0 Å². The molecule has 1 aromatic carbocycles. The number of thiophene rings is 1. The first-order valence-corrected chi connectivity index (χ1v) is 8.51. The summed E-state index contributed by atoms with van der Waals surface area (Å²) >= 11 is 5.45. The van der Waals surface area contributed by atoms with Gasteiger partial charge in [-0.3, -0.25) is 0 Å². The molecule has 1 heterocycles. The zero-order chi connectivity index (χ0) is 14.4. The van der Waals surface area contributed by atoms with E-state index in [0.717, 1.165) is 29.6 Å². The van der Waals surface area contributed by atoms with E-state index in [2.05, 4.69) is 57.8 Å². The van der Waals surface area contributed by atoms with E-state index in [1.54, 1.807) is 7.11 Å². The Morgan fingerprint density at radius 1 is 1.35 bits per heavy atom. The van der Waals surface area contributed by atoms with Crippen LogP contribution < -0.4 is 10.1 Å². The zero-order valence-corrected chi connectivity index (χ0v) is 14.3. The fourth-order valence-electron chi connectivity index (χ4n) is 2.14. The number of benzene rings is 1. The molecule has 1 unspecified atom stereocenters. The second-order valence-electron chi connectivity index (χ2n) is 4.68. The highest BCUT2D eigenvalue weighted by Gasteiger charge is 2.14. The first-order valence-electron chi connectivity index (χ1n) is 6.83. The van der Waals surface area contributed by atoms with Gasteiger partial charge < -0.3 is 10.1 Å². The van der Waals surface area contributed by atoms with E-state index in [1.165, 1.54) is 10.4 Å². The van der Waals surface area contributed by atoms with Crippen LogP contribution in [0.1, 0.15) is 29.8 Å². The Labute approximate surface area is 133 Å². The summed E-state index contributed by atoms with van der Waals surface area (Å²) in [5.41, 5.74) is 1.27. The normalized spacial score (nSPS) is 12.3. The number of methoxy groups -OCH3 is 1. The van der Waals surface area contributed by atoms with Crippen LogP contribution in [-0.2, 0) is 6.42 Å². The lowest BCUT2D eigenvalue weighted by molar-refractivity contribution is 0.413. The molecule has 2 aromatic rings. The molecular formula is C16H20BrNOS. The molecule has 0 aliphatic heterocycles.